The molecule has 1 amide bonds. The molecule has 0 saturated heterocycles. The van der Waals surface area contributed by atoms with Crippen molar-refractivity contribution in [1.29, 1.82) is 0 Å². The van der Waals surface area contributed by atoms with Gasteiger partial charge in [-0.25, -0.2) is 4.79 Å². The summed E-state index contributed by atoms with van der Waals surface area (Å²) in [5.41, 5.74) is -0.974. The maximum Gasteiger partial charge on any atom is 0.328 e. The molecule has 1 atom stereocenters. The Kier molecular flexibility index (Phi) is 5.32. The number of carboxylic acid groups (broad SMARTS) is 1. The number of carboxylic acids is 1. The number of carbonyl (C=O) groups is 3. The highest BCUT2D eigenvalue weighted by Crippen LogP contribution is 2.39. The van der Waals surface area contributed by atoms with Gasteiger partial charge in [-0.15, -0.1) is 0 Å². The second-order valence-electron chi connectivity index (χ2n) is 5.14. The van der Waals surface area contributed by atoms with E-state index in [-0.39, 0.29) is 6.42 Å². The molecular formula is C13H21NO5. The number of hydrogen-bond acceptors (Lipinski definition) is 4. The Morgan fingerprint density at radius 1 is 1.26 bits per heavy atom. The van der Waals surface area contributed by atoms with Crippen LogP contribution in [-0.2, 0) is 19.1 Å². The summed E-state index contributed by atoms with van der Waals surface area (Å²) in [5, 5.41) is 11.8. The summed E-state index contributed by atoms with van der Waals surface area (Å²) < 4.78 is 4.51. The first-order valence-corrected chi connectivity index (χ1v) is 6.52. The molecule has 1 fully saturated rings. The predicted octanol–water partition coefficient (Wildman–Crippen LogP) is 1.09. The molecule has 0 bridgehead atoms. The molecule has 0 aromatic rings. The number of hydrogen-bond donors (Lipinski definition) is 2. The first kappa shape index (κ1) is 15.5. The molecule has 0 aromatic heterocycles. The largest absolute Gasteiger partial charge is 0.481 e. The van der Waals surface area contributed by atoms with Crippen molar-refractivity contribution >= 4 is 17.8 Å². The first-order valence-electron chi connectivity index (χ1n) is 6.52. The van der Waals surface area contributed by atoms with Crippen LogP contribution in [0.25, 0.3) is 0 Å². The third-order valence-electron chi connectivity index (χ3n) is 3.70. The summed E-state index contributed by atoms with van der Waals surface area (Å²) in [5.74, 6) is -1.88. The van der Waals surface area contributed by atoms with Gasteiger partial charge in [-0.1, -0.05) is 19.3 Å². The third-order valence-corrected chi connectivity index (χ3v) is 3.70. The fourth-order valence-corrected chi connectivity index (χ4v) is 2.53. The Hall–Kier alpha value is -1.59. The van der Waals surface area contributed by atoms with E-state index >= 15 is 0 Å². The molecule has 0 spiro atoms. The number of ether oxygens (including phenoxy) is 1. The molecule has 0 heterocycles. The van der Waals surface area contributed by atoms with Crippen molar-refractivity contribution in [1.82, 2.24) is 5.32 Å². The maximum absolute atomic E-state index is 11.9. The van der Waals surface area contributed by atoms with Crippen LogP contribution in [0.2, 0.25) is 0 Å². The average molecular weight is 271 g/mol. The zero-order chi connectivity index (χ0) is 14.5. The van der Waals surface area contributed by atoms with Gasteiger partial charge < -0.3 is 15.2 Å². The lowest BCUT2D eigenvalue weighted by Crippen LogP contribution is -2.44. The first-order chi connectivity index (χ1) is 8.91. The van der Waals surface area contributed by atoms with Gasteiger partial charge in [-0.05, 0) is 19.8 Å². The van der Waals surface area contributed by atoms with Gasteiger partial charge in [0.1, 0.15) is 6.04 Å². The van der Waals surface area contributed by atoms with E-state index in [1.165, 1.54) is 14.0 Å². The van der Waals surface area contributed by atoms with E-state index in [1.54, 1.807) is 0 Å². The van der Waals surface area contributed by atoms with Crippen LogP contribution in [-0.4, -0.2) is 36.1 Å². The second kappa shape index (κ2) is 6.54. The van der Waals surface area contributed by atoms with E-state index in [1.807, 2.05) is 0 Å². The van der Waals surface area contributed by atoms with Crippen molar-refractivity contribution in [3.63, 3.8) is 0 Å². The van der Waals surface area contributed by atoms with Crippen LogP contribution in [0.15, 0.2) is 0 Å². The van der Waals surface area contributed by atoms with Gasteiger partial charge >= 0.3 is 11.9 Å². The Bertz CT molecular complexity index is 360. The average Bonchev–Trinajstić information content (AvgIpc) is 2.38. The molecule has 1 aliphatic rings. The molecule has 0 aliphatic heterocycles. The highest BCUT2D eigenvalue weighted by Gasteiger charge is 2.41. The summed E-state index contributed by atoms with van der Waals surface area (Å²) in [7, 11) is 1.24. The van der Waals surface area contributed by atoms with Crippen LogP contribution in [0.1, 0.15) is 45.4 Å². The van der Waals surface area contributed by atoms with Gasteiger partial charge in [0.25, 0.3) is 0 Å². The lowest BCUT2D eigenvalue weighted by atomic mass is 9.71. The number of esters is 1. The molecule has 108 valence electrons. The van der Waals surface area contributed by atoms with Crippen molar-refractivity contribution in [3.8, 4) is 0 Å². The van der Waals surface area contributed by atoms with Crippen molar-refractivity contribution in [3.05, 3.63) is 0 Å². The molecule has 6 nitrogen and oxygen atoms in total. The van der Waals surface area contributed by atoms with Gasteiger partial charge in [0.15, 0.2) is 0 Å². The SMILES string of the molecule is COC(=O)[C@H](C)NC(=O)CC1(C(=O)O)CCCCC1. The van der Waals surface area contributed by atoms with E-state index in [0.29, 0.717) is 12.8 Å². The van der Waals surface area contributed by atoms with Crippen molar-refractivity contribution < 1.29 is 24.2 Å². The van der Waals surface area contributed by atoms with E-state index in [2.05, 4.69) is 10.1 Å². The minimum atomic E-state index is -0.974. The van der Waals surface area contributed by atoms with Crippen LogP contribution in [0, 0.1) is 5.41 Å². The fourth-order valence-electron chi connectivity index (χ4n) is 2.53. The third kappa shape index (κ3) is 3.94. The summed E-state index contributed by atoms with van der Waals surface area (Å²) in [6.45, 7) is 1.51. The quantitative estimate of drug-likeness (QED) is 0.730. The zero-order valence-electron chi connectivity index (χ0n) is 11.4. The molecule has 0 aromatic carbocycles. The topological polar surface area (TPSA) is 92.7 Å². The van der Waals surface area contributed by atoms with Gasteiger partial charge in [0.05, 0.1) is 12.5 Å². The number of carbonyl (C=O) groups excluding carboxylic acids is 2. The minimum Gasteiger partial charge on any atom is -0.481 e. The molecule has 1 saturated carbocycles. The second-order valence-corrected chi connectivity index (χ2v) is 5.14. The zero-order valence-corrected chi connectivity index (χ0v) is 11.4. The normalized spacial score (nSPS) is 19.3. The highest BCUT2D eigenvalue weighted by atomic mass is 16.5. The molecule has 0 radical (unpaired) electrons. The van der Waals surface area contributed by atoms with E-state index in [0.717, 1.165) is 19.3 Å². The number of nitrogens with one attached hydrogen (secondary N) is 1. The Morgan fingerprint density at radius 3 is 2.32 bits per heavy atom. The lowest BCUT2D eigenvalue weighted by molar-refractivity contribution is -0.154. The van der Waals surface area contributed by atoms with Crippen LogP contribution in [0.4, 0.5) is 0 Å². The standard InChI is InChI=1S/C13H21NO5/c1-9(11(16)19-2)14-10(15)8-13(12(17)18)6-4-3-5-7-13/h9H,3-8H2,1-2H3,(H,14,15)(H,17,18)/t9-/m0/s1. The van der Waals surface area contributed by atoms with E-state index in [4.69, 9.17) is 0 Å². The van der Waals surface area contributed by atoms with Gasteiger partial charge in [0, 0.05) is 6.42 Å². The van der Waals surface area contributed by atoms with Crippen molar-refractivity contribution in [2.45, 2.75) is 51.5 Å². The summed E-state index contributed by atoms with van der Waals surface area (Å²) in [4.78, 5) is 34.5. The lowest BCUT2D eigenvalue weighted by Gasteiger charge is -2.32. The molecule has 19 heavy (non-hydrogen) atoms. The number of rotatable bonds is 5. The van der Waals surface area contributed by atoms with E-state index in [9.17, 15) is 19.5 Å². The number of methoxy groups -OCH3 is 1. The summed E-state index contributed by atoms with van der Waals surface area (Å²) in [6, 6.07) is -0.757. The van der Waals surface area contributed by atoms with Crippen molar-refractivity contribution in [2.75, 3.05) is 7.11 Å². The Balaban J connectivity index is 2.62. The molecule has 1 aliphatic carbocycles. The molecule has 1 rings (SSSR count). The molecule has 6 heteroatoms. The van der Waals surface area contributed by atoms with Crippen LogP contribution in [0.3, 0.4) is 0 Å². The van der Waals surface area contributed by atoms with Crippen LogP contribution < -0.4 is 5.32 Å². The smallest absolute Gasteiger partial charge is 0.328 e. The van der Waals surface area contributed by atoms with E-state index < -0.39 is 29.3 Å². The van der Waals surface area contributed by atoms with Gasteiger partial charge in [-0.2, -0.15) is 0 Å². The number of aliphatic carboxylic acids is 1. The Morgan fingerprint density at radius 2 is 1.84 bits per heavy atom. The molecule has 0 unspecified atom stereocenters. The Labute approximate surface area is 112 Å². The minimum absolute atomic E-state index is 0.0797. The number of amides is 1. The fraction of sp³-hybridized carbons (Fsp3) is 0.769. The van der Waals surface area contributed by atoms with Crippen LogP contribution in [0.5, 0.6) is 0 Å². The van der Waals surface area contributed by atoms with Gasteiger partial charge in [0.2, 0.25) is 5.91 Å². The molecular weight excluding hydrogens is 250 g/mol. The predicted molar refractivity (Wildman–Crippen MR) is 67.4 cm³/mol. The van der Waals surface area contributed by atoms with Crippen molar-refractivity contribution in [2.24, 2.45) is 5.41 Å². The van der Waals surface area contributed by atoms with Crippen LogP contribution >= 0.6 is 0 Å². The maximum atomic E-state index is 11.9. The molecule has 2 N–H and O–H groups in total. The summed E-state index contributed by atoms with van der Waals surface area (Å²) >= 11 is 0. The monoisotopic (exact) mass is 271 g/mol. The van der Waals surface area contributed by atoms with Gasteiger partial charge in [-0.3, -0.25) is 9.59 Å². The highest BCUT2D eigenvalue weighted by molar-refractivity contribution is 5.88. The summed E-state index contributed by atoms with van der Waals surface area (Å²) in [6.07, 6.45) is 3.61.